The van der Waals surface area contributed by atoms with Crippen LogP contribution in [0.3, 0.4) is 0 Å². The summed E-state index contributed by atoms with van der Waals surface area (Å²) in [5, 5.41) is 11.6. The fraction of sp³-hybridized carbons (Fsp3) is 0.636. The Kier molecular flexibility index (Phi) is 4.18. The third-order valence-electron chi connectivity index (χ3n) is 2.76. The summed E-state index contributed by atoms with van der Waals surface area (Å²) in [7, 11) is 0. The number of rotatable bonds is 3. The summed E-state index contributed by atoms with van der Waals surface area (Å²) in [6.45, 7) is 3.03. The number of carboxylic acid groups (broad SMARTS) is 1. The maximum atomic E-state index is 11.6. The molecular weight excluding hydrogens is 208 g/mol. The summed E-state index contributed by atoms with van der Waals surface area (Å²) in [4.78, 5) is 24.0. The van der Waals surface area contributed by atoms with Crippen LogP contribution >= 0.6 is 0 Å². The number of aliphatic carboxylic acids is 1. The molecule has 5 heteroatoms. The zero-order valence-electron chi connectivity index (χ0n) is 9.27. The van der Waals surface area contributed by atoms with Crippen molar-refractivity contribution in [3.05, 3.63) is 0 Å². The van der Waals surface area contributed by atoms with Crippen LogP contribution in [0.5, 0.6) is 0 Å². The smallest absolute Gasteiger partial charge is 0.317 e. The van der Waals surface area contributed by atoms with Gasteiger partial charge >= 0.3 is 12.0 Å². The second kappa shape index (κ2) is 5.40. The summed E-state index contributed by atoms with van der Waals surface area (Å²) in [6.07, 6.45) is 5.54. The van der Waals surface area contributed by atoms with Crippen LogP contribution < -0.4 is 5.32 Å². The van der Waals surface area contributed by atoms with E-state index in [-0.39, 0.29) is 18.5 Å². The number of nitrogens with zero attached hydrogens (tertiary/aromatic N) is 1. The van der Waals surface area contributed by atoms with Crippen molar-refractivity contribution in [3.8, 4) is 12.3 Å². The van der Waals surface area contributed by atoms with E-state index in [1.807, 2.05) is 6.92 Å². The van der Waals surface area contributed by atoms with Crippen LogP contribution in [0.25, 0.3) is 0 Å². The van der Waals surface area contributed by atoms with Gasteiger partial charge in [0.1, 0.15) is 0 Å². The van der Waals surface area contributed by atoms with E-state index in [1.165, 1.54) is 4.90 Å². The number of urea groups is 1. The van der Waals surface area contributed by atoms with Gasteiger partial charge in [-0.25, -0.2) is 4.79 Å². The van der Waals surface area contributed by atoms with Crippen LogP contribution in [0.1, 0.15) is 13.3 Å². The fourth-order valence-corrected chi connectivity index (χ4v) is 1.81. The number of nitrogens with one attached hydrogen (secondary N) is 1. The topological polar surface area (TPSA) is 69.6 Å². The number of carboxylic acids is 1. The molecule has 0 unspecified atom stereocenters. The van der Waals surface area contributed by atoms with Crippen LogP contribution in [0.2, 0.25) is 0 Å². The number of terminal acetylenes is 1. The lowest BCUT2D eigenvalue weighted by Gasteiger charge is -2.16. The van der Waals surface area contributed by atoms with E-state index in [0.29, 0.717) is 19.5 Å². The first kappa shape index (κ1) is 12.4. The van der Waals surface area contributed by atoms with Crippen molar-refractivity contribution in [2.24, 2.45) is 11.8 Å². The van der Waals surface area contributed by atoms with E-state index < -0.39 is 11.9 Å². The lowest BCUT2D eigenvalue weighted by atomic mass is 9.99. The third kappa shape index (κ3) is 2.89. The molecule has 5 nitrogen and oxygen atoms in total. The van der Waals surface area contributed by atoms with Crippen LogP contribution in [0.15, 0.2) is 0 Å². The third-order valence-corrected chi connectivity index (χ3v) is 2.76. The number of carbonyl (C=O) groups excluding carboxylic acids is 1. The molecule has 2 atom stereocenters. The van der Waals surface area contributed by atoms with E-state index in [2.05, 4.69) is 11.2 Å². The molecule has 1 aliphatic heterocycles. The first-order chi connectivity index (χ1) is 7.56. The van der Waals surface area contributed by atoms with Gasteiger partial charge in [-0.05, 0) is 5.92 Å². The van der Waals surface area contributed by atoms with Gasteiger partial charge in [0.25, 0.3) is 0 Å². The first-order valence-electron chi connectivity index (χ1n) is 5.25. The molecule has 0 aromatic rings. The van der Waals surface area contributed by atoms with Crippen molar-refractivity contribution in [1.29, 1.82) is 0 Å². The predicted octanol–water partition coefficient (Wildman–Crippen LogP) is 0.372. The van der Waals surface area contributed by atoms with Crippen molar-refractivity contribution >= 4 is 12.0 Å². The van der Waals surface area contributed by atoms with Crippen molar-refractivity contribution in [2.75, 3.05) is 19.6 Å². The summed E-state index contributed by atoms with van der Waals surface area (Å²) in [6, 6.07) is -0.231. The second-order valence-corrected chi connectivity index (χ2v) is 4.01. The van der Waals surface area contributed by atoms with Gasteiger partial charge < -0.3 is 15.3 Å². The highest BCUT2D eigenvalue weighted by atomic mass is 16.4. The maximum absolute atomic E-state index is 11.6. The number of likely N-dealkylation sites (tertiary alicyclic amines) is 1. The van der Waals surface area contributed by atoms with Crippen LogP contribution in [-0.4, -0.2) is 41.6 Å². The summed E-state index contributed by atoms with van der Waals surface area (Å²) in [5.74, 6) is 1.12. The molecule has 1 heterocycles. The first-order valence-corrected chi connectivity index (χ1v) is 5.25. The minimum atomic E-state index is -0.841. The molecule has 88 valence electrons. The highest BCUT2D eigenvalue weighted by Gasteiger charge is 2.36. The van der Waals surface area contributed by atoms with E-state index in [9.17, 15) is 9.59 Å². The molecule has 0 aromatic carbocycles. The minimum Gasteiger partial charge on any atom is -0.481 e. The number of hydrogen-bond donors (Lipinski definition) is 2. The Morgan fingerprint density at radius 1 is 1.56 bits per heavy atom. The Hall–Kier alpha value is -1.70. The molecule has 2 amide bonds. The number of hydrogen-bond acceptors (Lipinski definition) is 2. The van der Waals surface area contributed by atoms with Crippen LogP contribution in [0, 0.1) is 24.2 Å². The zero-order chi connectivity index (χ0) is 12.1. The molecular formula is C11H16N2O3. The lowest BCUT2D eigenvalue weighted by molar-refractivity contribution is -0.142. The molecule has 0 saturated carbocycles. The predicted molar refractivity (Wildman–Crippen MR) is 58.7 cm³/mol. The Labute approximate surface area is 94.8 Å². The van der Waals surface area contributed by atoms with Gasteiger partial charge in [-0.1, -0.05) is 6.92 Å². The summed E-state index contributed by atoms with van der Waals surface area (Å²) < 4.78 is 0. The van der Waals surface area contributed by atoms with Crippen LogP contribution in [-0.2, 0) is 4.79 Å². The van der Waals surface area contributed by atoms with Crippen molar-refractivity contribution in [3.63, 3.8) is 0 Å². The largest absolute Gasteiger partial charge is 0.481 e. The SMILES string of the molecule is C#CCCNC(=O)N1C[C@@H](C)[C@H](C(=O)O)C1. The van der Waals surface area contributed by atoms with Crippen molar-refractivity contribution in [2.45, 2.75) is 13.3 Å². The second-order valence-electron chi connectivity index (χ2n) is 4.01. The standard InChI is InChI=1S/C11H16N2O3/c1-3-4-5-12-11(16)13-6-8(2)9(7-13)10(14)15/h1,8-9H,4-7H2,2H3,(H,12,16)(H,14,15)/t8-,9-/m1/s1. The average molecular weight is 224 g/mol. The molecule has 16 heavy (non-hydrogen) atoms. The van der Waals surface area contributed by atoms with Gasteiger partial charge in [0.15, 0.2) is 0 Å². The molecule has 1 aliphatic rings. The van der Waals surface area contributed by atoms with E-state index in [0.717, 1.165) is 0 Å². The summed E-state index contributed by atoms with van der Waals surface area (Å²) >= 11 is 0. The zero-order valence-corrected chi connectivity index (χ0v) is 9.27. The molecule has 0 aliphatic carbocycles. The average Bonchev–Trinajstić information content (AvgIpc) is 2.60. The Morgan fingerprint density at radius 3 is 2.75 bits per heavy atom. The van der Waals surface area contributed by atoms with E-state index in [4.69, 9.17) is 11.5 Å². The molecule has 0 aromatic heterocycles. The van der Waals surface area contributed by atoms with Gasteiger partial charge in [0.2, 0.25) is 0 Å². The highest BCUT2D eigenvalue weighted by molar-refractivity contribution is 5.77. The van der Waals surface area contributed by atoms with Gasteiger partial charge in [-0.15, -0.1) is 12.3 Å². The van der Waals surface area contributed by atoms with Crippen LogP contribution in [0.4, 0.5) is 4.79 Å². The summed E-state index contributed by atoms with van der Waals surface area (Å²) in [5.41, 5.74) is 0. The number of carbonyl (C=O) groups is 2. The quantitative estimate of drug-likeness (QED) is 0.537. The molecule has 0 spiro atoms. The number of amides is 2. The van der Waals surface area contributed by atoms with Crippen molar-refractivity contribution < 1.29 is 14.7 Å². The van der Waals surface area contributed by atoms with E-state index in [1.54, 1.807) is 0 Å². The normalized spacial score (nSPS) is 23.9. The van der Waals surface area contributed by atoms with Gasteiger partial charge in [-0.2, -0.15) is 0 Å². The monoisotopic (exact) mass is 224 g/mol. The Morgan fingerprint density at radius 2 is 2.25 bits per heavy atom. The fourth-order valence-electron chi connectivity index (χ4n) is 1.81. The molecule has 2 N–H and O–H groups in total. The minimum absolute atomic E-state index is 0.00381. The maximum Gasteiger partial charge on any atom is 0.317 e. The Bertz CT molecular complexity index is 322. The van der Waals surface area contributed by atoms with Gasteiger partial charge in [-0.3, -0.25) is 4.79 Å². The van der Waals surface area contributed by atoms with Gasteiger partial charge in [0, 0.05) is 26.1 Å². The molecule has 1 fully saturated rings. The molecule has 1 saturated heterocycles. The lowest BCUT2D eigenvalue weighted by Crippen LogP contribution is -2.39. The molecule has 0 bridgehead atoms. The van der Waals surface area contributed by atoms with Crippen molar-refractivity contribution in [1.82, 2.24) is 10.2 Å². The highest BCUT2D eigenvalue weighted by Crippen LogP contribution is 2.22. The molecule has 0 radical (unpaired) electrons. The molecule has 1 rings (SSSR count). The Balaban J connectivity index is 2.43. The van der Waals surface area contributed by atoms with Gasteiger partial charge in [0.05, 0.1) is 5.92 Å². The van der Waals surface area contributed by atoms with E-state index >= 15 is 0 Å².